The predicted octanol–water partition coefficient (Wildman–Crippen LogP) is 2.22. The molecular weight excluding hydrogens is 245 g/mol. The van der Waals surface area contributed by atoms with Crippen LogP contribution in [0.2, 0.25) is 0 Å². The molecule has 0 spiro atoms. The normalized spacial score (nSPS) is 25.2. The molecule has 0 radical (unpaired) electrons. The molecule has 0 bridgehead atoms. The van der Waals surface area contributed by atoms with E-state index in [9.17, 15) is 18.0 Å². The maximum Gasteiger partial charge on any atom is 0.391 e. The average molecular weight is 266 g/mol. The second-order valence-electron chi connectivity index (χ2n) is 5.19. The summed E-state index contributed by atoms with van der Waals surface area (Å²) in [5.41, 5.74) is 0. The zero-order chi connectivity index (χ0) is 13.8. The van der Waals surface area contributed by atoms with Crippen LogP contribution in [0.15, 0.2) is 0 Å². The Balaban J connectivity index is 2.25. The number of hydrogen-bond acceptors (Lipinski definition) is 2. The molecule has 1 aliphatic carbocycles. The van der Waals surface area contributed by atoms with E-state index in [4.69, 9.17) is 0 Å². The summed E-state index contributed by atoms with van der Waals surface area (Å²) < 4.78 is 37.3. The van der Waals surface area contributed by atoms with Crippen LogP contribution >= 0.6 is 0 Å². The predicted molar refractivity (Wildman–Crippen MR) is 63.1 cm³/mol. The van der Waals surface area contributed by atoms with Gasteiger partial charge in [0, 0.05) is 12.1 Å². The van der Waals surface area contributed by atoms with Gasteiger partial charge in [-0.1, -0.05) is 13.8 Å². The van der Waals surface area contributed by atoms with Gasteiger partial charge >= 0.3 is 6.18 Å². The molecule has 1 amide bonds. The lowest BCUT2D eigenvalue weighted by molar-refractivity contribution is -0.182. The fraction of sp³-hybridized carbons (Fsp3) is 0.917. The summed E-state index contributed by atoms with van der Waals surface area (Å²) in [5, 5.41) is 5.75. The molecule has 0 saturated heterocycles. The van der Waals surface area contributed by atoms with Crippen molar-refractivity contribution in [3.8, 4) is 0 Å². The standard InChI is InChI=1S/C12H21F3N2O/c1-8(2)16-7-11(18)17-10-5-3-9(4-6-10)12(13,14)15/h8-10,16H,3-7H2,1-2H3,(H,17,18). The molecular formula is C12H21F3N2O. The Kier molecular flexibility index (Phi) is 5.44. The summed E-state index contributed by atoms with van der Waals surface area (Å²) in [7, 11) is 0. The summed E-state index contributed by atoms with van der Waals surface area (Å²) in [5.74, 6) is -1.33. The van der Waals surface area contributed by atoms with Gasteiger partial charge in [-0.3, -0.25) is 4.79 Å². The molecule has 1 rings (SSSR count). The van der Waals surface area contributed by atoms with Gasteiger partial charge in [0.1, 0.15) is 0 Å². The van der Waals surface area contributed by atoms with Crippen LogP contribution in [0, 0.1) is 5.92 Å². The minimum absolute atomic E-state index is 0.106. The molecule has 2 N–H and O–H groups in total. The molecule has 0 aromatic carbocycles. The van der Waals surface area contributed by atoms with Crippen LogP contribution in [-0.4, -0.2) is 30.7 Å². The van der Waals surface area contributed by atoms with Crippen molar-refractivity contribution < 1.29 is 18.0 Å². The van der Waals surface area contributed by atoms with Gasteiger partial charge in [0.15, 0.2) is 0 Å². The lowest BCUT2D eigenvalue weighted by Crippen LogP contribution is -2.44. The van der Waals surface area contributed by atoms with Crippen LogP contribution in [0.3, 0.4) is 0 Å². The molecule has 106 valence electrons. The highest BCUT2D eigenvalue weighted by molar-refractivity contribution is 5.78. The fourth-order valence-corrected chi connectivity index (χ4v) is 2.14. The first kappa shape index (κ1) is 15.3. The topological polar surface area (TPSA) is 41.1 Å². The Morgan fingerprint density at radius 1 is 1.22 bits per heavy atom. The molecule has 6 heteroatoms. The first-order chi connectivity index (χ1) is 8.29. The third-order valence-electron chi connectivity index (χ3n) is 3.23. The van der Waals surface area contributed by atoms with Crippen LogP contribution in [0.4, 0.5) is 13.2 Å². The van der Waals surface area contributed by atoms with Crippen molar-refractivity contribution in [2.24, 2.45) is 5.92 Å². The van der Waals surface area contributed by atoms with Crippen molar-refractivity contribution in [3.05, 3.63) is 0 Å². The number of hydrogen-bond donors (Lipinski definition) is 2. The van der Waals surface area contributed by atoms with Crippen LogP contribution in [0.25, 0.3) is 0 Å². The summed E-state index contributed by atoms with van der Waals surface area (Å²) in [6, 6.07) is 0.113. The molecule has 0 aliphatic heterocycles. The van der Waals surface area contributed by atoms with Crippen molar-refractivity contribution >= 4 is 5.91 Å². The van der Waals surface area contributed by atoms with Crippen LogP contribution in [0.1, 0.15) is 39.5 Å². The molecule has 1 fully saturated rings. The van der Waals surface area contributed by atoms with Crippen molar-refractivity contribution in [2.75, 3.05) is 6.54 Å². The van der Waals surface area contributed by atoms with Gasteiger partial charge in [-0.05, 0) is 25.7 Å². The number of carbonyl (C=O) groups is 1. The summed E-state index contributed by atoms with van der Waals surface area (Å²) in [6.45, 7) is 4.08. The molecule has 1 saturated carbocycles. The van der Waals surface area contributed by atoms with Crippen molar-refractivity contribution in [3.63, 3.8) is 0 Å². The Morgan fingerprint density at radius 2 is 1.78 bits per heavy atom. The van der Waals surface area contributed by atoms with Crippen molar-refractivity contribution in [1.82, 2.24) is 10.6 Å². The average Bonchev–Trinajstić information content (AvgIpc) is 2.26. The van der Waals surface area contributed by atoms with E-state index >= 15 is 0 Å². The van der Waals surface area contributed by atoms with Gasteiger partial charge in [0.05, 0.1) is 12.5 Å². The lowest BCUT2D eigenvalue weighted by atomic mass is 9.85. The first-order valence-corrected chi connectivity index (χ1v) is 6.38. The second kappa shape index (κ2) is 6.41. The third-order valence-corrected chi connectivity index (χ3v) is 3.23. The van der Waals surface area contributed by atoms with Crippen LogP contribution in [-0.2, 0) is 4.79 Å². The molecule has 0 aromatic heterocycles. The number of carbonyl (C=O) groups excluding carboxylic acids is 1. The molecule has 0 aromatic rings. The van der Waals surface area contributed by atoms with Crippen LogP contribution < -0.4 is 10.6 Å². The van der Waals surface area contributed by atoms with Gasteiger partial charge in [-0.15, -0.1) is 0 Å². The van der Waals surface area contributed by atoms with Crippen molar-refractivity contribution in [2.45, 2.75) is 57.8 Å². The highest BCUT2D eigenvalue weighted by Crippen LogP contribution is 2.37. The SMILES string of the molecule is CC(C)NCC(=O)NC1CCC(C(F)(F)F)CC1. The Morgan fingerprint density at radius 3 is 2.22 bits per heavy atom. The molecule has 1 aliphatic rings. The van der Waals surface area contributed by atoms with Crippen LogP contribution in [0.5, 0.6) is 0 Å². The van der Waals surface area contributed by atoms with E-state index in [0.29, 0.717) is 12.8 Å². The van der Waals surface area contributed by atoms with E-state index in [1.807, 2.05) is 13.8 Å². The maximum atomic E-state index is 12.4. The molecule has 0 unspecified atom stereocenters. The monoisotopic (exact) mass is 266 g/mol. The summed E-state index contributed by atoms with van der Waals surface area (Å²) >= 11 is 0. The summed E-state index contributed by atoms with van der Waals surface area (Å²) in [6.07, 6.45) is -3.03. The second-order valence-corrected chi connectivity index (χ2v) is 5.19. The van der Waals surface area contributed by atoms with E-state index in [2.05, 4.69) is 10.6 Å². The third kappa shape index (κ3) is 5.25. The Hall–Kier alpha value is -0.780. The smallest absolute Gasteiger partial charge is 0.352 e. The van der Waals surface area contributed by atoms with E-state index in [1.165, 1.54) is 0 Å². The van der Waals surface area contributed by atoms with E-state index < -0.39 is 12.1 Å². The van der Waals surface area contributed by atoms with E-state index in [0.717, 1.165) is 0 Å². The fourth-order valence-electron chi connectivity index (χ4n) is 2.14. The first-order valence-electron chi connectivity index (χ1n) is 6.38. The Bertz CT molecular complexity index is 271. The molecule has 0 heterocycles. The zero-order valence-electron chi connectivity index (χ0n) is 10.8. The van der Waals surface area contributed by atoms with E-state index in [-0.39, 0.29) is 37.4 Å². The molecule has 18 heavy (non-hydrogen) atoms. The zero-order valence-corrected chi connectivity index (χ0v) is 10.8. The Labute approximate surface area is 106 Å². The minimum atomic E-state index is -4.09. The highest BCUT2D eigenvalue weighted by atomic mass is 19.4. The lowest BCUT2D eigenvalue weighted by Gasteiger charge is -2.30. The minimum Gasteiger partial charge on any atom is -0.352 e. The number of halogens is 3. The van der Waals surface area contributed by atoms with Crippen molar-refractivity contribution in [1.29, 1.82) is 0 Å². The maximum absolute atomic E-state index is 12.4. The summed E-state index contributed by atoms with van der Waals surface area (Å²) in [4.78, 5) is 11.5. The van der Waals surface area contributed by atoms with E-state index in [1.54, 1.807) is 0 Å². The van der Waals surface area contributed by atoms with Gasteiger partial charge < -0.3 is 10.6 Å². The number of amides is 1. The quantitative estimate of drug-likeness (QED) is 0.819. The molecule has 0 atom stereocenters. The van der Waals surface area contributed by atoms with Gasteiger partial charge in [0.25, 0.3) is 0 Å². The number of rotatable bonds is 4. The van der Waals surface area contributed by atoms with Gasteiger partial charge in [-0.25, -0.2) is 0 Å². The highest BCUT2D eigenvalue weighted by Gasteiger charge is 2.41. The molecule has 3 nitrogen and oxygen atoms in total. The van der Waals surface area contributed by atoms with Gasteiger partial charge in [-0.2, -0.15) is 13.2 Å². The number of nitrogens with one attached hydrogen (secondary N) is 2. The van der Waals surface area contributed by atoms with Gasteiger partial charge in [0.2, 0.25) is 5.91 Å². The largest absolute Gasteiger partial charge is 0.391 e. The number of alkyl halides is 3.